The number of aliphatic hydroxyl groups is 1. The molecule has 0 aliphatic heterocycles. The topological polar surface area (TPSA) is 20.2 Å². The maximum absolute atomic E-state index is 10.4. The van der Waals surface area contributed by atoms with Crippen molar-refractivity contribution in [3.05, 3.63) is 32.4 Å². The predicted octanol–water partition coefficient (Wildman–Crippen LogP) is 4.54. The largest absolute Gasteiger partial charge is 0.387 e. The molecule has 1 N–H and O–H groups in total. The average molecular weight is 301 g/mol. The lowest BCUT2D eigenvalue weighted by Crippen LogP contribution is -2.18. The Morgan fingerprint density at radius 1 is 1.56 bits per heavy atom. The summed E-state index contributed by atoms with van der Waals surface area (Å²) in [6.45, 7) is 4.39. The summed E-state index contributed by atoms with van der Waals surface area (Å²) in [7, 11) is 0. The van der Waals surface area contributed by atoms with Crippen LogP contribution in [0.25, 0.3) is 0 Å². The Hall–Kier alpha value is -0.120. The van der Waals surface area contributed by atoms with Crippen LogP contribution in [0.15, 0.2) is 27.6 Å². The molecule has 0 bridgehead atoms. The highest BCUT2D eigenvalue weighted by molar-refractivity contribution is 9.10. The number of thiophene rings is 1. The van der Waals surface area contributed by atoms with Crippen molar-refractivity contribution < 1.29 is 5.11 Å². The van der Waals surface area contributed by atoms with E-state index in [1.54, 1.807) is 11.3 Å². The zero-order valence-corrected chi connectivity index (χ0v) is 12.0. The van der Waals surface area contributed by atoms with E-state index in [2.05, 4.69) is 35.9 Å². The minimum Gasteiger partial charge on any atom is -0.387 e. The van der Waals surface area contributed by atoms with E-state index in [1.165, 1.54) is 5.57 Å². The monoisotopic (exact) mass is 300 g/mol. The molecule has 0 fully saturated rings. The van der Waals surface area contributed by atoms with Crippen molar-refractivity contribution in [2.45, 2.75) is 32.8 Å². The maximum Gasteiger partial charge on any atom is 0.0924 e. The van der Waals surface area contributed by atoms with E-state index in [0.29, 0.717) is 11.8 Å². The summed E-state index contributed by atoms with van der Waals surface area (Å²) < 4.78 is 1.05. The molecule has 1 heterocycles. The van der Waals surface area contributed by atoms with Gasteiger partial charge in [-0.25, -0.2) is 0 Å². The molecular formula is C13H17BrOS. The molecular weight excluding hydrogens is 284 g/mol. The van der Waals surface area contributed by atoms with Crippen LogP contribution in [0, 0.1) is 11.8 Å². The molecule has 0 radical (unpaired) electrons. The standard InChI is InChI=1S/C13H17BrOS/c1-8-5-9(2)7-10(6-8)12(15)13-11(14)3-4-16-13/h3-5,8,10,12,15H,6-7H2,1-2H3. The number of aliphatic hydroxyl groups excluding tert-OH is 1. The number of hydrogen-bond donors (Lipinski definition) is 1. The molecule has 3 atom stereocenters. The molecule has 0 amide bonds. The molecule has 1 aliphatic carbocycles. The van der Waals surface area contributed by atoms with Crippen LogP contribution in [0.4, 0.5) is 0 Å². The van der Waals surface area contributed by atoms with Crippen molar-refractivity contribution in [3.63, 3.8) is 0 Å². The van der Waals surface area contributed by atoms with E-state index >= 15 is 0 Å². The second-order valence-corrected chi connectivity index (χ2v) is 6.57. The lowest BCUT2D eigenvalue weighted by Gasteiger charge is -2.29. The molecule has 3 heteroatoms. The van der Waals surface area contributed by atoms with Gasteiger partial charge in [0.1, 0.15) is 0 Å². The summed E-state index contributed by atoms with van der Waals surface area (Å²) in [4.78, 5) is 1.08. The van der Waals surface area contributed by atoms with Crippen molar-refractivity contribution in [3.8, 4) is 0 Å². The normalized spacial score (nSPS) is 27.6. The second kappa shape index (κ2) is 5.03. The highest BCUT2D eigenvalue weighted by atomic mass is 79.9. The SMILES string of the molecule is CC1=CC(C)CC(C(O)c2sccc2Br)C1. The van der Waals surface area contributed by atoms with Gasteiger partial charge >= 0.3 is 0 Å². The summed E-state index contributed by atoms with van der Waals surface area (Å²) in [5.41, 5.74) is 1.41. The van der Waals surface area contributed by atoms with Gasteiger partial charge in [0, 0.05) is 9.35 Å². The lowest BCUT2D eigenvalue weighted by atomic mass is 9.80. The minimum atomic E-state index is -0.319. The third kappa shape index (κ3) is 2.58. The van der Waals surface area contributed by atoms with Crippen molar-refractivity contribution >= 4 is 27.3 Å². The van der Waals surface area contributed by atoms with Gasteiger partial charge in [-0.3, -0.25) is 0 Å². The summed E-state index contributed by atoms with van der Waals surface area (Å²) in [5.74, 6) is 0.960. The van der Waals surface area contributed by atoms with Crippen LogP contribution in [-0.2, 0) is 0 Å². The van der Waals surface area contributed by atoms with E-state index in [9.17, 15) is 5.11 Å². The van der Waals surface area contributed by atoms with Crippen LogP contribution in [0.5, 0.6) is 0 Å². The molecule has 1 aliphatic rings. The Morgan fingerprint density at radius 2 is 2.31 bits per heavy atom. The van der Waals surface area contributed by atoms with Crippen LogP contribution >= 0.6 is 27.3 Å². The summed E-state index contributed by atoms with van der Waals surface area (Å²) in [6, 6.07) is 2.01. The van der Waals surface area contributed by atoms with Gasteiger partial charge in [-0.05, 0) is 59.0 Å². The molecule has 0 saturated heterocycles. The molecule has 16 heavy (non-hydrogen) atoms. The Kier molecular flexibility index (Phi) is 3.88. The van der Waals surface area contributed by atoms with Crippen LogP contribution in [0.2, 0.25) is 0 Å². The molecule has 1 aromatic rings. The van der Waals surface area contributed by atoms with E-state index in [1.807, 2.05) is 11.4 Å². The second-order valence-electron chi connectivity index (χ2n) is 4.77. The molecule has 88 valence electrons. The molecule has 1 aromatic heterocycles. The Morgan fingerprint density at radius 3 is 2.88 bits per heavy atom. The predicted molar refractivity (Wildman–Crippen MR) is 72.6 cm³/mol. The fourth-order valence-electron chi connectivity index (χ4n) is 2.57. The quantitative estimate of drug-likeness (QED) is 0.795. The Balaban J connectivity index is 2.15. The molecule has 2 rings (SSSR count). The molecule has 0 aromatic carbocycles. The van der Waals surface area contributed by atoms with Crippen molar-refractivity contribution in [1.29, 1.82) is 0 Å². The number of hydrogen-bond acceptors (Lipinski definition) is 2. The van der Waals surface area contributed by atoms with Crippen molar-refractivity contribution in [2.75, 3.05) is 0 Å². The van der Waals surface area contributed by atoms with Gasteiger partial charge in [-0.15, -0.1) is 11.3 Å². The first-order valence-electron chi connectivity index (χ1n) is 5.66. The smallest absolute Gasteiger partial charge is 0.0924 e. The highest BCUT2D eigenvalue weighted by Crippen LogP contribution is 2.40. The average Bonchev–Trinajstić information content (AvgIpc) is 2.62. The van der Waals surface area contributed by atoms with Gasteiger partial charge in [0.05, 0.1) is 6.10 Å². The first-order chi connectivity index (χ1) is 7.58. The van der Waals surface area contributed by atoms with Gasteiger partial charge in [-0.1, -0.05) is 18.6 Å². The first kappa shape index (κ1) is 12.3. The maximum atomic E-state index is 10.4. The fraction of sp³-hybridized carbons (Fsp3) is 0.538. The zero-order chi connectivity index (χ0) is 11.7. The van der Waals surface area contributed by atoms with Gasteiger partial charge in [0.25, 0.3) is 0 Å². The molecule has 0 spiro atoms. The van der Waals surface area contributed by atoms with Crippen molar-refractivity contribution in [1.82, 2.24) is 0 Å². The first-order valence-corrected chi connectivity index (χ1v) is 7.33. The Labute approximate surface area is 109 Å². The Bertz CT molecular complexity index is 396. The summed E-state index contributed by atoms with van der Waals surface area (Å²) >= 11 is 5.14. The minimum absolute atomic E-state index is 0.319. The van der Waals surface area contributed by atoms with E-state index in [0.717, 1.165) is 22.2 Å². The lowest BCUT2D eigenvalue weighted by molar-refractivity contribution is 0.0959. The number of halogens is 1. The van der Waals surface area contributed by atoms with Gasteiger partial charge in [-0.2, -0.15) is 0 Å². The zero-order valence-electron chi connectivity index (χ0n) is 9.61. The van der Waals surface area contributed by atoms with E-state index in [4.69, 9.17) is 0 Å². The van der Waals surface area contributed by atoms with Crippen LogP contribution in [0.3, 0.4) is 0 Å². The summed E-state index contributed by atoms with van der Waals surface area (Å²) in [6.07, 6.45) is 4.12. The van der Waals surface area contributed by atoms with Gasteiger partial charge in [0.15, 0.2) is 0 Å². The fourth-order valence-corrected chi connectivity index (χ4v) is 4.25. The van der Waals surface area contributed by atoms with Crippen molar-refractivity contribution in [2.24, 2.45) is 11.8 Å². The highest BCUT2D eigenvalue weighted by Gasteiger charge is 2.27. The van der Waals surface area contributed by atoms with E-state index < -0.39 is 0 Å². The van der Waals surface area contributed by atoms with Crippen LogP contribution < -0.4 is 0 Å². The third-order valence-corrected chi connectivity index (χ3v) is 5.13. The molecule has 1 nitrogen and oxygen atoms in total. The molecule has 0 saturated carbocycles. The van der Waals surface area contributed by atoms with Gasteiger partial charge in [0.2, 0.25) is 0 Å². The van der Waals surface area contributed by atoms with Crippen LogP contribution in [0.1, 0.15) is 37.7 Å². The third-order valence-electron chi connectivity index (χ3n) is 3.19. The van der Waals surface area contributed by atoms with Gasteiger partial charge < -0.3 is 5.11 Å². The van der Waals surface area contributed by atoms with E-state index in [-0.39, 0.29) is 6.10 Å². The number of allylic oxidation sites excluding steroid dienone is 2. The molecule has 3 unspecified atom stereocenters. The number of rotatable bonds is 2. The van der Waals surface area contributed by atoms with Crippen LogP contribution in [-0.4, -0.2) is 5.11 Å². The summed E-state index contributed by atoms with van der Waals surface area (Å²) in [5, 5.41) is 12.4.